The number of benzene rings is 1. The molecule has 1 N–H and O–H groups in total. The Bertz CT molecular complexity index is 579. The Hall–Kier alpha value is -1.87. The van der Waals surface area contributed by atoms with E-state index in [0.29, 0.717) is 18.0 Å². The van der Waals surface area contributed by atoms with Gasteiger partial charge in [-0.15, -0.1) is 0 Å². The summed E-state index contributed by atoms with van der Waals surface area (Å²) in [4.78, 5) is 4.07. The molecule has 1 heterocycles. The number of pyridine rings is 1. The Balaban J connectivity index is 1.56. The van der Waals surface area contributed by atoms with Crippen molar-refractivity contribution in [2.75, 3.05) is 7.11 Å². The zero-order valence-corrected chi connectivity index (χ0v) is 12.6. The predicted molar refractivity (Wildman–Crippen MR) is 84.5 cm³/mol. The number of nitrogens with zero attached hydrogens (tertiary/aromatic N) is 1. The summed E-state index contributed by atoms with van der Waals surface area (Å²) >= 11 is 0. The minimum Gasteiger partial charge on any atom is -0.496 e. The van der Waals surface area contributed by atoms with Crippen LogP contribution in [-0.4, -0.2) is 18.1 Å². The van der Waals surface area contributed by atoms with Crippen LogP contribution < -0.4 is 10.1 Å². The molecule has 0 aliphatic heterocycles. The number of aromatic nitrogens is 1. The molecule has 1 aromatic heterocycles. The van der Waals surface area contributed by atoms with Crippen molar-refractivity contribution in [3.8, 4) is 5.75 Å². The third-order valence-electron chi connectivity index (χ3n) is 4.41. The molecular formula is C18H22N2O. The normalized spacial score (nSPS) is 22.4. The maximum atomic E-state index is 5.46. The lowest BCUT2D eigenvalue weighted by atomic mass is 9.75. The molecule has 0 bridgehead atoms. The second-order valence-electron chi connectivity index (χ2n) is 5.78. The molecule has 3 rings (SSSR count). The first-order chi connectivity index (χ1) is 10.3. The van der Waals surface area contributed by atoms with Crippen molar-refractivity contribution >= 4 is 0 Å². The highest BCUT2D eigenvalue weighted by Crippen LogP contribution is 2.41. The highest BCUT2D eigenvalue weighted by Gasteiger charge is 2.32. The summed E-state index contributed by atoms with van der Waals surface area (Å²) in [6.07, 6.45) is 6.06. The smallest absolute Gasteiger partial charge is 0.122 e. The van der Waals surface area contributed by atoms with Gasteiger partial charge < -0.3 is 10.1 Å². The fourth-order valence-electron chi connectivity index (χ4n) is 3.11. The summed E-state index contributed by atoms with van der Waals surface area (Å²) < 4.78 is 5.46. The standard InChI is InChI=1S/C18H22N2O/c1-13(14-7-9-19-10-8-14)20-16-11-15(12-16)17-5-3-4-6-18(17)21-2/h3-10,13,15-16,20H,11-12H2,1-2H3/t13-,15?,16?/m1/s1. The summed E-state index contributed by atoms with van der Waals surface area (Å²) in [5.41, 5.74) is 2.64. The molecule has 1 aliphatic rings. The average Bonchev–Trinajstić information content (AvgIpc) is 2.51. The lowest BCUT2D eigenvalue weighted by Gasteiger charge is -2.38. The zero-order valence-electron chi connectivity index (χ0n) is 12.6. The van der Waals surface area contributed by atoms with E-state index in [0.717, 1.165) is 5.75 Å². The number of methoxy groups -OCH3 is 1. The van der Waals surface area contributed by atoms with Crippen molar-refractivity contribution in [3.63, 3.8) is 0 Å². The van der Waals surface area contributed by atoms with Crippen molar-refractivity contribution in [2.24, 2.45) is 0 Å². The quantitative estimate of drug-likeness (QED) is 0.908. The highest BCUT2D eigenvalue weighted by atomic mass is 16.5. The van der Waals surface area contributed by atoms with Crippen molar-refractivity contribution in [2.45, 2.75) is 37.8 Å². The van der Waals surface area contributed by atoms with Crippen LogP contribution in [0.25, 0.3) is 0 Å². The molecule has 1 saturated carbocycles. The van der Waals surface area contributed by atoms with E-state index in [1.807, 2.05) is 18.5 Å². The largest absolute Gasteiger partial charge is 0.496 e. The number of para-hydroxylation sites is 1. The van der Waals surface area contributed by atoms with E-state index in [1.165, 1.54) is 24.0 Å². The molecule has 0 radical (unpaired) electrons. The molecule has 3 nitrogen and oxygen atoms in total. The van der Waals surface area contributed by atoms with Crippen LogP contribution in [0.3, 0.4) is 0 Å². The Labute approximate surface area is 126 Å². The molecule has 0 saturated heterocycles. The van der Waals surface area contributed by atoms with Crippen LogP contribution in [0.15, 0.2) is 48.8 Å². The lowest BCUT2D eigenvalue weighted by molar-refractivity contribution is 0.265. The van der Waals surface area contributed by atoms with E-state index in [2.05, 4.69) is 47.6 Å². The third-order valence-corrected chi connectivity index (χ3v) is 4.41. The molecule has 110 valence electrons. The van der Waals surface area contributed by atoms with Crippen molar-refractivity contribution < 1.29 is 4.74 Å². The van der Waals surface area contributed by atoms with Crippen molar-refractivity contribution in [1.29, 1.82) is 0 Å². The van der Waals surface area contributed by atoms with Gasteiger partial charge in [0.15, 0.2) is 0 Å². The van der Waals surface area contributed by atoms with E-state index < -0.39 is 0 Å². The lowest BCUT2D eigenvalue weighted by Crippen LogP contribution is -2.41. The van der Waals surface area contributed by atoms with Crippen LogP contribution in [0.4, 0.5) is 0 Å². The summed E-state index contributed by atoms with van der Waals surface area (Å²) in [5.74, 6) is 1.63. The van der Waals surface area contributed by atoms with Gasteiger partial charge in [0.1, 0.15) is 5.75 Å². The van der Waals surface area contributed by atoms with Crippen molar-refractivity contribution in [1.82, 2.24) is 10.3 Å². The molecule has 0 amide bonds. The summed E-state index contributed by atoms with van der Waals surface area (Å²) in [5, 5.41) is 3.70. The fraction of sp³-hybridized carbons (Fsp3) is 0.389. The van der Waals surface area contributed by atoms with Crippen LogP contribution in [0, 0.1) is 0 Å². The number of ether oxygens (including phenoxy) is 1. The Morgan fingerprint density at radius 1 is 1.14 bits per heavy atom. The SMILES string of the molecule is COc1ccccc1C1CC(N[C@H](C)c2ccncc2)C1. The number of rotatable bonds is 5. The molecule has 1 aromatic carbocycles. The molecule has 2 aromatic rings. The van der Waals surface area contributed by atoms with E-state index in [1.54, 1.807) is 7.11 Å². The second kappa shape index (κ2) is 6.27. The first-order valence-corrected chi connectivity index (χ1v) is 7.57. The molecule has 21 heavy (non-hydrogen) atoms. The average molecular weight is 282 g/mol. The Morgan fingerprint density at radius 3 is 2.57 bits per heavy atom. The molecule has 1 aliphatic carbocycles. The number of hydrogen-bond acceptors (Lipinski definition) is 3. The number of hydrogen-bond donors (Lipinski definition) is 1. The predicted octanol–water partition coefficient (Wildman–Crippen LogP) is 3.69. The zero-order chi connectivity index (χ0) is 14.7. The van der Waals surface area contributed by atoms with E-state index in [-0.39, 0.29) is 0 Å². The second-order valence-corrected chi connectivity index (χ2v) is 5.78. The van der Waals surface area contributed by atoms with Crippen LogP contribution in [0.5, 0.6) is 5.75 Å². The van der Waals surface area contributed by atoms with Gasteiger partial charge >= 0.3 is 0 Å². The van der Waals surface area contributed by atoms with Gasteiger partial charge in [-0.2, -0.15) is 0 Å². The van der Waals surface area contributed by atoms with E-state index in [9.17, 15) is 0 Å². The summed E-state index contributed by atoms with van der Waals surface area (Å²) in [6, 6.07) is 13.5. The first kappa shape index (κ1) is 14.1. The van der Waals surface area contributed by atoms with Crippen molar-refractivity contribution in [3.05, 3.63) is 59.9 Å². The molecule has 1 fully saturated rings. The van der Waals surface area contributed by atoms with Gasteiger partial charge in [-0.3, -0.25) is 4.98 Å². The molecule has 3 heteroatoms. The molecular weight excluding hydrogens is 260 g/mol. The van der Waals surface area contributed by atoms with Gasteiger partial charge in [0.25, 0.3) is 0 Å². The van der Waals surface area contributed by atoms with E-state index >= 15 is 0 Å². The van der Waals surface area contributed by atoms with Gasteiger partial charge in [-0.1, -0.05) is 18.2 Å². The maximum absolute atomic E-state index is 5.46. The van der Waals surface area contributed by atoms with E-state index in [4.69, 9.17) is 4.74 Å². The Morgan fingerprint density at radius 2 is 1.86 bits per heavy atom. The molecule has 0 unspecified atom stereocenters. The molecule has 0 spiro atoms. The number of nitrogens with one attached hydrogen (secondary N) is 1. The van der Waals surface area contributed by atoms with Crippen LogP contribution in [-0.2, 0) is 0 Å². The van der Waals surface area contributed by atoms with Gasteiger partial charge in [-0.25, -0.2) is 0 Å². The van der Waals surface area contributed by atoms with Gasteiger partial charge in [-0.05, 0) is 55.0 Å². The molecule has 1 atom stereocenters. The van der Waals surface area contributed by atoms with Gasteiger partial charge in [0, 0.05) is 24.5 Å². The summed E-state index contributed by atoms with van der Waals surface area (Å²) in [6.45, 7) is 2.21. The van der Waals surface area contributed by atoms with Gasteiger partial charge in [0.05, 0.1) is 7.11 Å². The first-order valence-electron chi connectivity index (χ1n) is 7.57. The fourth-order valence-corrected chi connectivity index (χ4v) is 3.11. The minimum absolute atomic E-state index is 0.372. The topological polar surface area (TPSA) is 34.1 Å². The minimum atomic E-state index is 0.372. The maximum Gasteiger partial charge on any atom is 0.122 e. The highest BCUT2D eigenvalue weighted by molar-refractivity contribution is 5.37. The third kappa shape index (κ3) is 3.08. The van der Waals surface area contributed by atoms with Gasteiger partial charge in [0.2, 0.25) is 0 Å². The van der Waals surface area contributed by atoms with Crippen LogP contribution >= 0.6 is 0 Å². The Kier molecular flexibility index (Phi) is 4.20. The van der Waals surface area contributed by atoms with Crippen LogP contribution in [0.1, 0.15) is 42.9 Å². The van der Waals surface area contributed by atoms with Crippen LogP contribution in [0.2, 0.25) is 0 Å². The monoisotopic (exact) mass is 282 g/mol. The summed E-state index contributed by atoms with van der Waals surface area (Å²) in [7, 11) is 1.75.